The van der Waals surface area contributed by atoms with Crippen molar-refractivity contribution in [3.8, 4) is 17.0 Å². The first-order valence-corrected chi connectivity index (χ1v) is 9.85. The largest absolute Gasteiger partial charge is 0.473 e. The molecule has 1 amide bonds. The molecule has 4 aromatic rings. The number of hydrogen-bond acceptors (Lipinski definition) is 6. The summed E-state index contributed by atoms with van der Waals surface area (Å²) in [6.45, 7) is 2.29. The van der Waals surface area contributed by atoms with Crippen molar-refractivity contribution < 1.29 is 13.9 Å². The number of carbonyl (C=O) groups excluding carboxylic acids is 1. The van der Waals surface area contributed by atoms with E-state index >= 15 is 0 Å². The highest BCUT2D eigenvalue weighted by atomic mass is 19.1. The predicted octanol–water partition coefficient (Wildman–Crippen LogP) is 3.05. The number of nitrogens with one attached hydrogen (secondary N) is 2. The van der Waals surface area contributed by atoms with Crippen molar-refractivity contribution in [2.45, 2.75) is 19.6 Å². The number of carbonyl (C=O) groups is 1. The Morgan fingerprint density at radius 3 is 2.84 bits per heavy atom. The second-order valence-electron chi connectivity index (χ2n) is 7.31. The van der Waals surface area contributed by atoms with Gasteiger partial charge >= 0.3 is 0 Å². The van der Waals surface area contributed by atoms with E-state index in [2.05, 4.69) is 20.7 Å². The van der Waals surface area contributed by atoms with Crippen LogP contribution in [0.25, 0.3) is 16.8 Å². The number of halogens is 1. The Hall–Kier alpha value is -4.01. The second-order valence-corrected chi connectivity index (χ2v) is 7.31. The summed E-state index contributed by atoms with van der Waals surface area (Å²) in [5, 5.41) is 10.4. The summed E-state index contributed by atoms with van der Waals surface area (Å²) in [5.41, 5.74) is 3.04. The van der Waals surface area contributed by atoms with E-state index in [0.717, 1.165) is 17.3 Å². The summed E-state index contributed by atoms with van der Waals surface area (Å²) >= 11 is 0. The quantitative estimate of drug-likeness (QED) is 0.494. The fraction of sp³-hybridized carbons (Fsp3) is 0.182. The molecule has 2 bridgehead atoms. The first-order chi connectivity index (χ1) is 15.1. The molecule has 0 fully saturated rings. The van der Waals surface area contributed by atoms with Gasteiger partial charge in [0.15, 0.2) is 5.65 Å². The molecule has 0 radical (unpaired) electrons. The molecule has 1 atom stereocenters. The molecule has 1 aromatic carbocycles. The van der Waals surface area contributed by atoms with Crippen molar-refractivity contribution in [3.05, 3.63) is 71.9 Å². The van der Waals surface area contributed by atoms with Gasteiger partial charge in [-0.2, -0.15) is 5.10 Å². The third kappa shape index (κ3) is 3.65. The minimum atomic E-state index is -0.459. The Bertz CT molecular complexity index is 1270. The van der Waals surface area contributed by atoms with Crippen LogP contribution in [0, 0.1) is 5.82 Å². The maximum Gasteiger partial charge on any atom is 0.256 e. The highest BCUT2D eigenvalue weighted by Gasteiger charge is 2.20. The van der Waals surface area contributed by atoms with E-state index in [9.17, 15) is 9.18 Å². The second kappa shape index (κ2) is 7.67. The van der Waals surface area contributed by atoms with Gasteiger partial charge in [-0.1, -0.05) is 30.3 Å². The lowest BCUT2D eigenvalue weighted by Crippen LogP contribution is -2.33. The molecule has 0 spiro atoms. The molecule has 0 saturated carbocycles. The molecule has 9 heteroatoms. The third-order valence-corrected chi connectivity index (χ3v) is 5.02. The Kier molecular flexibility index (Phi) is 4.70. The molecule has 1 aliphatic heterocycles. The monoisotopic (exact) mass is 418 g/mol. The maximum atomic E-state index is 13.9. The van der Waals surface area contributed by atoms with Crippen LogP contribution in [-0.4, -0.2) is 38.1 Å². The zero-order valence-electron chi connectivity index (χ0n) is 16.7. The smallest absolute Gasteiger partial charge is 0.256 e. The molecule has 3 aromatic heterocycles. The highest BCUT2D eigenvalue weighted by Crippen LogP contribution is 2.29. The number of ether oxygens (including phenoxy) is 1. The van der Waals surface area contributed by atoms with Gasteiger partial charge < -0.3 is 15.4 Å². The fourth-order valence-electron chi connectivity index (χ4n) is 3.48. The van der Waals surface area contributed by atoms with Gasteiger partial charge in [0, 0.05) is 23.9 Å². The van der Waals surface area contributed by atoms with Gasteiger partial charge in [0.05, 0.1) is 18.9 Å². The number of benzene rings is 1. The molecule has 4 heterocycles. The van der Waals surface area contributed by atoms with E-state index in [4.69, 9.17) is 9.72 Å². The van der Waals surface area contributed by atoms with Crippen LogP contribution in [0.15, 0.2) is 55.0 Å². The molecule has 156 valence electrons. The molecular formula is C22H19FN6O2. The normalized spacial score (nSPS) is 16.3. The van der Waals surface area contributed by atoms with Crippen molar-refractivity contribution in [2.75, 3.05) is 11.9 Å². The van der Waals surface area contributed by atoms with E-state index in [1.165, 1.54) is 12.3 Å². The lowest BCUT2D eigenvalue weighted by atomic mass is 10.1. The predicted molar refractivity (Wildman–Crippen MR) is 112 cm³/mol. The molecule has 0 aliphatic carbocycles. The van der Waals surface area contributed by atoms with Crippen LogP contribution in [0.2, 0.25) is 0 Å². The Balaban J connectivity index is 1.67. The average molecular weight is 418 g/mol. The van der Waals surface area contributed by atoms with Crippen LogP contribution < -0.4 is 15.4 Å². The molecule has 2 N–H and O–H groups in total. The highest BCUT2D eigenvalue weighted by molar-refractivity contribution is 6.00. The van der Waals surface area contributed by atoms with Crippen LogP contribution in [0.5, 0.6) is 5.88 Å². The molecule has 0 saturated heterocycles. The number of anilines is 1. The SMILES string of the molecule is C[C@H]1CNC(=O)c2cnn3cc(-c4ccccc4)c(nc23)NCc2cc(F)cnc2O1. The molecule has 0 unspecified atom stereocenters. The Morgan fingerprint density at radius 1 is 1.16 bits per heavy atom. The van der Waals surface area contributed by atoms with E-state index in [0.29, 0.717) is 28.5 Å². The summed E-state index contributed by atoms with van der Waals surface area (Å²) in [7, 11) is 0. The summed E-state index contributed by atoms with van der Waals surface area (Å²) in [4.78, 5) is 21.5. The molecule has 31 heavy (non-hydrogen) atoms. The van der Waals surface area contributed by atoms with Crippen LogP contribution >= 0.6 is 0 Å². The summed E-state index contributed by atoms with van der Waals surface area (Å²) in [5.74, 6) is 0.0816. The van der Waals surface area contributed by atoms with Crippen molar-refractivity contribution in [1.82, 2.24) is 24.9 Å². The number of aromatic nitrogens is 4. The number of fused-ring (bicyclic) bond motifs is 2. The van der Waals surface area contributed by atoms with E-state index in [1.807, 2.05) is 43.5 Å². The topological polar surface area (TPSA) is 93.4 Å². The number of pyridine rings is 1. The van der Waals surface area contributed by atoms with Crippen molar-refractivity contribution in [1.29, 1.82) is 0 Å². The van der Waals surface area contributed by atoms with Crippen molar-refractivity contribution in [3.63, 3.8) is 0 Å². The summed E-state index contributed by atoms with van der Waals surface area (Å²) in [6.07, 6.45) is 4.05. The molecule has 1 aliphatic rings. The van der Waals surface area contributed by atoms with Crippen LogP contribution in [0.3, 0.4) is 0 Å². The van der Waals surface area contributed by atoms with Gasteiger partial charge in [-0.3, -0.25) is 4.79 Å². The lowest BCUT2D eigenvalue weighted by Gasteiger charge is -2.17. The zero-order chi connectivity index (χ0) is 21.4. The molecule has 5 rings (SSSR count). The van der Waals surface area contributed by atoms with Crippen LogP contribution in [-0.2, 0) is 6.54 Å². The number of rotatable bonds is 1. The van der Waals surface area contributed by atoms with Gasteiger partial charge in [-0.15, -0.1) is 0 Å². The Morgan fingerprint density at radius 2 is 2.00 bits per heavy atom. The number of nitrogens with zero attached hydrogens (tertiary/aromatic N) is 4. The first-order valence-electron chi connectivity index (χ1n) is 9.85. The average Bonchev–Trinajstić information content (AvgIpc) is 3.20. The summed E-state index contributed by atoms with van der Waals surface area (Å²) < 4.78 is 21.3. The van der Waals surface area contributed by atoms with Gasteiger partial charge in [0.1, 0.15) is 23.3 Å². The minimum absolute atomic E-state index is 0.237. The minimum Gasteiger partial charge on any atom is -0.473 e. The Labute approximate surface area is 177 Å². The lowest BCUT2D eigenvalue weighted by molar-refractivity contribution is 0.0932. The van der Waals surface area contributed by atoms with Crippen LogP contribution in [0.4, 0.5) is 10.2 Å². The molecular weight excluding hydrogens is 399 g/mol. The van der Waals surface area contributed by atoms with E-state index < -0.39 is 5.82 Å². The fourth-order valence-corrected chi connectivity index (χ4v) is 3.48. The van der Waals surface area contributed by atoms with Crippen LogP contribution in [0.1, 0.15) is 22.8 Å². The van der Waals surface area contributed by atoms with Gasteiger partial charge in [0.25, 0.3) is 5.91 Å². The van der Waals surface area contributed by atoms with E-state index in [1.54, 1.807) is 4.52 Å². The van der Waals surface area contributed by atoms with Gasteiger partial charge in [-0.05, 0) is 18.6 Å². The van der Waals surface area contributed by atoms with Gasteiger partial charge in [-0.25, -0.2) is 18.9 Å². The van der Waals surface area contributed by atoms with Crippen molar-refractivity contribution in [2.24, 2.45) is 0 Å². The standard InChI is InChI=1S/C22H19FN6O2/c1-13-8-25-21(30)17-11-27-29-12-18(14-5-3-2-4-6-14)19(28-20(17)29)24-9-15-7-16(23)10-26-22(15)31-13/h2-7,10-13H,8-9H2,1H3,(H,24,28)(H,25,30)/t13-/m0/s1. The number of amides is 1. The number of hydrogen-bond donors (Lipinski definition) is 2. The first kappa shape index (κ1) is 19.0. The van der Waals surface area contributed by atoms with Crippen molar-refractivity contribution >= 4 is 17.4 Å². The molecule has 8 nitrogen and oxygen atoms in total. The van der Waals surface area contributed by atoms with Gasteiger partial charge in [0.2, 0.25) is 5.88 Å². The third-order valence-electron chi connectivity index (χ3n) is 5.02. The summed E-state index contributed by atoms with van der Waals surface area (Å²) in [6, 6.07) is 11.1. The maximum absolute atomic E-state index is 13.9. The van der Waals surface area contributed by atoms with E-state index in [-0.39, 0.29) is 25.1 Å². The zero-order valence-corrected chi connectivity index (χ0v) is 16.7.